The summed E-state index contributed by atoms with van der Waals surface area (Å²) >= 11 is 8.96. The van der Waals surface area contributed by atoms with Gasteiger partial charge in [-0.3, -0.25) is 5.32 Å². The number of rotatable bonds is 2. The number of ether oxygens (including phenoxy) is 1. The maximum absolute atomic E-state index is 6.44. The molecule has 2 fully saturated rings. The van der Waals surface area contributed by atoms with Gasteiger partial charge in [-0.1, -0.05) is 22.6 Å². The molecule has 0 aromatic heterocycles. The molecule has 1 heterocycles. The molecular formula is C8H13ClINO. The fourth-order valence-corrected chi connectivity index (χ4v) is 4.34. The van der Waals surface area contributed by atoms with Crippen molar-refractivity contribution in [2.45, 2.75) is 15.3 Å². The molecule has 2 bridgehead atoms. The first kappa shape index (κ1) is 9.49. The van der Waals surface area contributed by atoms with E-state index < -0.39 is 0 Å². The normalized spacial score (nSPS) is 51.8. The number of hydrogen-bond acceptors (Lipinski definition) is 2. The molecule has 2 aliphatic rings. The zero-order valence-corrected chi connectivity index (χ0v) is 9.93. The minimum atomic E-state index is -0.160. The second-order valence-corrected chi connectivity index (χ2v) is 5.83. The van der Waals surface area contributed by atoms with Gasteiger partial charge in [-0.15, -0.1) is 11.6 Å². The lowest BCUT2D eigenvalue weighted by atomic mass is 10.0. The number of nitrogens with one attached hydrogen (secondary N) is 1. The average Bonchev–Trinajstić information content (AvgIpc) is 2.50. The van der Waals surface area contributed by atoms with Crippen LogP contribution in [0, 0.1) is 11.8 Å². The Balaban J connectivity index is 2.12. The molecule has 0 radical (unpaired) electrons. The lowest BCUT2D eigenvalue weighted by Crippen LogP contribution is -2.48. The summed E-state index contributed by atoms with van der Waals surface area (Å²) in [6, 6.07) is 0. The summed E-state index contributed by atoms with van der Waals surface area (Å²) in [6.45, 7) is 1.86. The van der Waals surface area contributed by atoms with E-state index in [0.29, 0.717) is 9.84 Å². The monoisotopic (exact) mass is 301 g/mol. The van der Waals surface area contributed by atoms with Crippen molar-refractivity contribution >= 4 is 34.2 Å². The van der Waals surface area contributed by atoms with Crippen LogP contribution in [0.4, 0.5) is 0 Å². The predicted octanol–water partition coefficient (Wildman–Crippen LogP) is 1.61. The molecular weight excluding hydrogens is 288 g/mol. The van der Waals surface area contributed by atoms with Gasteiger partial charge in [-0.05, 0) is 12.3 Å². The topological polar surface area (TPSA) is 21.3 Å². The van der Waals surface area contributed by atoms with Crippen LogP contribution in [-0.4, -0.2) is 29.2 Å². The highest BCUT2D eigenvalue weighted by Crippen LogP contribution is 2.50. The molecule has 1 saturated carbocycles. The van der Waals surface area contributed by atoms with E-state index in [-0.39, 0.29) is 5.00 Å². The third-order valence-electron chi connectivity index (χ3n) is 2.99. The second-order valence-electron chi connectivity index (χ2n) is 3.71. The first-order valence-corrected chi connectivity index (χ1v) is 5.86. The van der Waals surface area contributed by atoms with Gasteiger partial charge in [0.1, 0.15) is 0 Å². The molecule has 4 heteroatoms. The van der Waals surface area contributed by atoms with Crippen LogP contribution in [0.5, 0.6) is 0 Å². The highest BCUT2D eigenvalue weighted by Gasteiger charge is 2.55. The summed E-state index contributed by atoms with van der Waals surface area (Å²) in [5.41, 5.74) is 0. The van der Waals surface area contributed by atoms with Crippen molar-refractivity contribution in [2.24, 2.45) is 11.8 Å². The van der Waals surface area contributed by atoms with E-state index in [1.807, 2.05) is 0 Å². The van der Waals surface area contributed by atoms with E-state index in [9.17, 15) is 0 Å². The zero-order valence-electron chi connectivity index (χ0n) is 7.02. The Bertz CT molecular complexity index is 192. The Morgan fingerprint density at radius 1 is 1.75 bits per heavy atom. The molecule has 4 atom stereocenters. The van der Waals surface area contributed by atoms with E-state index in [0.717, 1.165) is 25.5 Å². The van der Waals surface area contributed by atoms with Crippen molar-refractivity contribution in [3.63, 3.8) is 0 Å². The molecule has 1 aliphatic heterocycles. The zero-order chi connectivity index (χ0) is 8.77. The number of alkyl halides is 2. The van der Waals surface area contributed by atoms with Crippen LogP contribution in [0.25, 0.3) is 0 Å². The average molecular weight is 302 g/mol. The molecule has 2 rings (SSSR count). The Labute approximate surface area is 91.5 Å². The fourth-order valence-electron chi connectivity index (χ4n) is 2.32. The maximum Gasteiger partial charge on any atom is 0.1000 e. The second kappa shape index (κ2) is 3.26. The minimum absolute atomic E-state index is 0.160. The van der Waals surface area contributed by atoms with Gasteiger partial charge in [0.2, 0.25) is 0 Å². The molecule has 1 saturated heterocycles. The molecule has 1 aliphatic carbocycles. The number of fused-ring (bicyclic) bond motifs is 2. The standard InChI is InChI=1S/C8H13ClINO/c1-12-4-6-7(10)5-2-8(6,9)11-3-5/h5-7,11H,2-4H2,1H3. The Morgan fingerprint density at radius 2 is 2.50 bits per heavy atom. The van der Waals surface area contributed by atoms with Crippen LogP contribution in [0.15, 0.2) is 0 Å². The van der Waals surface area contributed by atoms with Crippen molar-refractivity contribution in [3.05, 3.63) is 0 Å². The van der Waals surface area contributed by atoms with Gasteiger partial charge in [0.05, 0.1) is 11.6 Å². The molecule has 4 unspecified atom stereocenters. The summed E-state index contributed by atoms with van der Waals surface area (Å²) in [7, 11) is 1.75. The van der Waals surface area contributed by atoms with E-state index in [4.69, 9.17) is 16.3 Å². The summed E-state index contributed by atoms with van der Waals surface area (Å²) < 4.78 is 5.87. The van der Waals surface area contributed by atoms with E-state index in [2.05, 4.69) is 27.9 Å². The Morgan fingerprint density at radius 3 is 3.00 bits per heavy atom. The van der Waals surface area contributed by atoms with Crippen molar-refractivity contribution in [1.82, 2.24) is 5.32 Å². The van der Waals surface area contributed by atoms with Crippen molar-refractivity contribution in [3.8, 4) is 0 Å². The fraction of sp³-hybridized carbons (Fsp3) is 1.00. The number of piperidine rings is 1. The van der Waals surface area contributed by atoms with Crippen LogP contribution in [0.3, 0.4) is 0 Å². The largest absolute Gasteiger partial charge is 0.384 e. The Hall–Kier alpha value is 0.940. The molecule has 0 aromatic rings. The molecule has 2 nitrogen and oxygen atoms in total. The molecule has 1 N–H and O–H groups in total. The molecule has 0 aromatic carbocycles. The third-order valence-corrected chi connectivity index (χ3v) is 5.44. The smallest absolute Gasteiger partial charge is 0.1000 e. The highest BCUT2D eigenvalue weighted by atomic mass is 127. The molecule has 0 amide bonds. The number of halogens is 2. The lowest BCUT2D eigenvalue weighted by molar-refractivity contribution is 0.130. The number of methoxy groups -OCH3 is 1. The van der Waals surface area contributed by atoms with Crippen LogP contribution in [-0.2, 0) is 4.74 Å². The van der Waals surface area contributed by atoms with Gasteiger partial charge >= 0.3 is 0 Å². The van der Waals surface area contributed by atoms with Crippen molar-refractivity contribution in [2.75, 3.05) is 20.3 Å². The van der Waals surface area contributed by atoms with Crippen molar-refractivity contribution in [1.29, 1.82) is 0 Å². The predicted molar refractivity (Wildman–Crippen MR) is 57.9 cm³/mol. The summed E-state index contributed by atoms with van der Waals surface area (Å²) in [4.78, 5) is -0.160. The maximum atomic E-state index is 6.44. The quantitative estimate of drug-likeness (QED) is 0.475. The molecule has 70 valence electrons. The summed E-state index contributed by atoms with van der Waals surface area (Å²) in [5, 5.41) is 3.38. The third kappa shape index (κ3) is 1.29. The van der Waals surface area contributed by atoms with Gasteiger partial charge in [0.25, 0.3) is 0 Å². The summed E-state index contributed by atoms with van der Waals surface area (Å²) in [6.07, 6.45) is 1.11. The number of hydrogen-bond donors (Lipinski definition) is 1. The highest BCUT2D eigenvalue weighted by molar-refractivity contribution is 14.1. The van der Waals surface area contributed by atoms with E-state index >= 15 is 0 Å². The first-order valence-electron chi connectivity index (χ1n) is 4.24. The SMILES string of the molecule is COCC1C(I)C2CNC1(Cl)C2. The van der Waals surface area contributed by atoms with Crippen LogP contribution in [0.2, 0.25) is 0 Å². The van der Waals surface area contributed by atoms with Gasteiger partial charge in [0, 0.05) is 23.5 Å². The molecule has 0 spiro atoms. The van der Waals surface area contributed by atoms with E-state index in [1.54, 1.807) is 7.11 Å². The van der Waals surface area contributed by atoms with Gasteiger partial charge in [-0.25, -0.2) is 0 Å². The minimum Gasteiger partial charge on any atom is -0.384 e. The van der Waals surface area contributed by atoms with Gasteiger partial charge in [-0.2, -0.15) is 0 Å². The van der Waals surface area contributed by atoms with Crippen LogP contribution >= 0.6 is 34.2 Å². The van der Waals surface area contributed by atoms with Gasteiger partial charge in [0.15, 0.2) is 0 Å². The van der Waals surface area contributed by atoms with Crippen LogP contribution < -0.4 is 5.32 Å². The van der Waals surface area contributed by atoms with Gasteiger partial charge < -0.3 is 4.74 Å². The lowest BCUT2D eigenvalue weighted by Gasteiger charge is -2.32. The van der Waals surface area contributed by atoms with E-state index in [1.165, 1.54) is 0 Å². The molecule has 12 heavy (non-hydrogen) atoms. The van der Waals surface area contributed by atoms with Crippen LogP contribution in [0.1, 0.15) is 6.42 Å². The Kier molecular flexibility index (Phi) is 2.58. The summed E-state index contributed by atoms with van der Waals surface area (Å²) in [5.74, 6) is 1.23. The first-order chi connectivity index (χ1) is 5.67. The van der Waals surface area contributed by atoms with Crippen molar-refractivity contribution < 1.29 is 4.74 Å².